The fourth-order valence-corrected chi connectivity index (χ4v) is 4.34. The van der Waals surface area contributed by atoms with E-state index in [9.17, 15) is 0 Å². The Hall–Kier alpha value is -1.65. The van der Waals surface area contributed by atoms with Crippen LogP contribution in [0.2, 0.25) is 0 Å². The van der Waals surface area contributed by atoms with Gasteiger partial charge in [0.2, 0.25) is 0 Å². The molecular weight excluding hydrogens is 491 g/mol. The van der Waals surface area contributed by atoms with Gasteiger partial charge in [-0.05, 0) is 24.9 Å². The summed E-state index contributed by atoms with van der Waals surface area (Å²) >= 11 is 0. The fourth-order valence-electron chi connectivity index (χ4n) is 4.34. The Balaban J connectivity index is 0.00000256. The number of ether oxygens (including phenoxy) is 1. The highest BCUT2D eigenvalue weighted by Crippen LogP contribution is 2.22. The first-order valence-corrected chi connectivity index (χ1v) is 10.6. The molecule has 0 saturated carbocycles. The predicted octanol–water partition coefficient (Wildman–Crippen LogP) is 2.65. The Kier molecular flexibility index (Phi) is 8.52. The summed E-state index contributed by atoms with van der Waals surface area (Å²) in [7, 11) is 3.81. The van der Waals surface area contributed by atoms with Gasteiger partial charge in [0.25, 0.3) is 0 Å². The van der Waals surface area contributed by atoms with Crippen LogP contribution in [0.3, 0.4) is 0 Å². The Morgan fingerprint density at radius 3 is 2.83 bits per heavy atom. The van der Waals surface area contributed by atoms with E-state index in [4.69, 9.17) is 4.74 Å². The number of rotatable bonds is 5. The van der Waals surface area contributed by atoms with Gasteiger partial charge in [0.05, 0.1) is 19.3 Å². The Morgan fingerprint density at radius 1 is 1.27 bits per heavy atom. The first-order chi connectivity index (χ1) is 14.2. The van der Waals surface area contributed by atoms with Crippen molar-refractivity contribution < 1.29 is 4.74 Å². The van der Waals surface area contributed by atoms with Crippen molar-refractivity contribution in [3.63, 3.8) is 0 Å². The first kappa shape index (κ1) is 23.0. The zero-order valence-corrected chi connectivity index (χ0v) is 20.2. The molecule has 0 bridgehead atoms. The van der Waals surface area contributed by atoms with E-state index in [-0.39, 0.29) is 30.1 Å². The van der Waals surface area contributed by atoms with Crippen LogP contribution < -0.4 is 5.32 Å². The van der Waals surface area contributed by atoms with Crippen LogP contribution in [-0.4, -0.2) is 71.4 Å². The second kappa shape index (κ2) is 11.1. The number of aliphatic imine (C=N–C) groups is 1. The van der Waals surface area contributed by atoms with Crippen molar-refractivity contribution in [2.24, 2.45) is 12.0 Å². The fraction of sp³-hybridized carbons (Fsp3) is 0.545. The van der Waals surface area contributed by atoms with Crippen LogP contribution in [0.1, 0.15) is 30.1 Å². The van der Waals surface area contributed by atoms with Crippen molar-refractivity contribution in [1.82, 2.24) is 24.9 Å². The van der Waals surface area contributed by atoms with Gasteiger partial charge in [0.1, 0.15) is 6.10 Å². The van der Waals surface area contributed by atoms with Crippen LogP contribution in [-0.2, 0) is 18.3 Å². The van der Waals surface area contributed by atoms with E-state index >= 15 is 0 Å². The molecule has 0 aliphatic carbocycles. The summed E-state index contributed by atoms with van der Waals surface area (Å²) in [6.45, 7) is 5.46. The van der Waals surface area contributed by atoms with E-state index < -0.39 is 0 Å². The number of aryl methyl sites for hydroxylation is 1. The van der Waals surface area contributed by atoms with Crippen molar-refractivity contribution in [2.45, 2.75) is 31.5 Å². The summed E-state index contributed by atoms with van der Waals surface area (Å²) in [5.41, 5.74) is 2.51. The first-order valence-electron chi connectivity index (χ1n) is 10.6. The van der Waals surface area contributed by atoms with Crippen LogP contribution in [0, 0.1) is 0 Å². The number of nitrogens with one attached hydrogen (secondary N) is 1. The Bertz CT molecular complexity index is 811. The molecule has 164 valence electrons. The molecule has 0 spiro atoms. The molecule has 8 heteroatoms. The van der Waals surface area contributed by atoms with Crippen molar-refractivity contribution in [3.05, 3.63) is 53.9 Å². The van der Waals surface area contributed by atoms with Crippen LogP contribution in [0.4, 0.5) is 0 Å². The molecule has 2 aromatic rings. The van der Waals surface area contributed by atoms with E-state index in [0.717, 1.165) is 37.7 Å². The van der Waals surface area contributed by atoms with Gasteiger partial charge in [0, 0.05) is 51.5 Å². The van der Waals surface area contributed by atoms with Crippen molar-refractivity contribution >= 4 is 29.9 Å². The van der Waals surface area contributed by atoms with E-state index in [1.54, 1.807) is 0 Å². The third-order valence-corrected chi connectivity index (χ3v) is 5.90. The Labute approximate surface area is 196 Å². The lowest BCUT2D eigenvalue weighted by atomic mass is 10.1. The van der Waals surface area contributed by atoms with Crippen molar-refractivity contribution in [3.8, 4) is 0 Å². The lowest BCUT2D eigenvalue weighted by Gasteiger charge is -2.35. The number of morpholine rings is 1. The van der Waals surface area contributed by atoms with Gasteiger partial charge in [-0.3, -0.25) is 14.6 Å². The average Bonchev–Trinajstić information content (AvgIpc) is 3.38. The monoisotopic (exact) mass is 524 g/mol. The zero-order valence-electron chi connectivity index (χ0n) is 17.9. The van der Waals surface area contributed by atoms with Gasteiger partial charge in [-0.15, -0.1) is 24.0 Å². The zero-order chi connectivity index (χ0) is 20.1. The molecule has 30 heavy (non-hydrogen) atoms. The van der Waals surface area contributed by atoms with Gasteiger partial charge in [-0.25, -0.2) is 0 Å². The second-order valence-corrected chi connectivity index (χ2v) is 7.93. The van der Waals surface area contributed by atoms with Crippen LogP contribution >= 0.6 is 24.0 Å². The third kappa shape index (κ3) is 5.73. The van der Waals surface area contributed by atoms with E-state index in [2.05, 4.69) is 55.5 Å². The molecule has 1 aromatic carbocycles. The summed E-state index contributed by atoms with van der Waals surface area (Å²) in [6, 6.07) is 11.3. The minimum Gasteiger partial charge on any atom is -0.370 e. The maximum Gasteiger partial charge on any atom is 0.193 e. The molecule has 2 saturated heterocycles. The normalized spacial score (nSPS) is 22.7. The maximum absolute atomic E-state index is 5.98. The van der Waals surface area contributed by atoms with E-state index in [0.29, 0.717) is 12.6 Å². The molecule has 2 aliphatic heterocycles. The number of halogens is 1. The number of hydrogen-bond donors (Lipinski definition) is 1. The standard InChI is InChI=1S/C22H32N6O.HI/c1-23-22(28-11-12-29-21(17-28)19-13-25-26(2)16-19)24-14-20-9-6-10-27(20)15-18-7-4-3-5-8-18;/h3-5,7-8,13,16,20-21H,6,9-12,14-15,17H2,1-2H3,(H,23,24);1H. The second-order valence-electron chi connectivity index (χ2n) is 7.93. The SMILES string of the molecule is CN=C(NCC1CCCN1Cc1ccccc1)N1CCOC(c2cnn(C)c2)C1.I. The summed E-state index contributed by atoms with van der Waals surface area (Å²) in [4.78, 5) is 9.45. The maximum atomic E-state index is 5.98. The number of benzene rings is 1. The molecule has 3 heterocycles. The smallest absolute Gasteiger partial charge is 0.193 e. The van der Waals surface area contributed by atoms with Crippen LogP contribution in [0.5, 0.6) is 0 Å². The highest BCUT2D eigenvalue weighted by atomic mass is 127. The molecule has 1 N–H and O–H groups in total. The molecule has 2 fully saturated rings. The summed E-state index contributed by atoms with van der Waals surface area (Å²) in [5, 5.41) is 7.91. The summed E-state index contributed by atoms with van der Waals surface area (Å²) in [5.74, 6) is 0.966. The summed E-state index contributed by atoms with van der Waals surface area (Å²) in [6.07, 6.45) is 6.46. The molecule has 4 rings (SSSR count). The topological polar surface area (TPSA) is 57.9 Å². The molecule has 2 atom stereocenters. The van der Waals surface area contributed by atoms with Crippen LogP contribution in [0.25, 0.3) is 0 Å². The number of guanidine groups is 1. The molecule has 2 aliphatic rings. The molecule has 0 radical (unpaired) electrons. The van der Waals surface area contributed by atoms with Gasteiger partial charge in [-0.1, -0.05) is 30.3 Å². The van der Waals surface area contributed by atoms with Crippen LogP contribution in [0.15, 0.2) is 47.7 Å². The number of hydrogen-bond acceptors (Lipinski definition) is 4. The van der Waals surface area contributed by atoms with Gasteiger partial charge in [0.15, 0.2) is 5.96 Å². The Morgan fingerprint density at radius 2 is 2.10 bits per heavy atom. The van der Waals surface area contributed by atoms with Crippen molar-refractivity contribution in [1.29, 1.82) is 0 Å². The lowest BCUT2D eigenvalue weighted by molar-refractivity contribution is -0.00811. The predicted molar refractivity (Wildman–Crippen MR) is 130 cm³/mol. The molecular formula is C22H33IN6O. The van der Waals surface area contributed by atoms with Gasteiger partial charge < -0.3 is 15.0 Å². The quantitative estimate of drug-likeness (QED) is 0.371. The largest absolute Gasteiger partial charge is 0.370 e. The summed E-state index contributed by atoms with van der Waals surface area (Å²) < 4.78 is 7.80. The minimum atomic E-state index is 0. The molecule has 1 aromatic heterocycles. The van der Waals surface area contributed by atoms with E-state index in [1.165, 1.54) is 24.9 Å². The number of nitrogens with zero attached hydrogens (tertiary/aromatic N) is 5. The number of aromatic nitrogens is 2. The highest BCUT2D eigenvalue weighted by molar-refractivity contribution is 14.0. The van der Waals surface area contributed by atoms with Gasteiger partial charge in [-0.2, -0.15) is 5.10 Å². The molecule has 0 amide bonds. The van der Waals surface area contributed by atoms with Gasteiger partial charge >= 0.3 is 0 Å². The van der Waals surface area contributed by atoms with Crippen molar-refractivity contribution in [2.75, 3.05) is 39.8 Å². The van der Waals surface area contributed by atoms with E-state index in [1.807, 2.05) is 31.2 Å². The highest BCUT2D eigenvalue weighted by Gasteiger charge is 2.28. The molecule has 2 unspecified atom stereocenters. The average molecular weight is 524 g/mol. The minimum absolute atomic E-state index is 0. The third-order valence-electron chi connectivity index (χ3n) is 5.90. The molecule has 7 nitrogen and oxygen atoms in total. The lowest BCUT2D eigenvalue weighted by Crippen LogP contribution is -2.50. The number of likely N-dealkylation sites (tertiary alicyclic amines) is 1.